The predicted molar refractivity (Wildman–Crippen MR) is 91.0 cm³/mol. The lowest BCUT2D eigenvalue weighted by molar-refractivity contribution is -0.393. The fourth-order valence-corrected chi connectivity index (χ4v) is 1.86. The van der Waals surface area contributed by atoms with E-state index < -0.39 is 9.85 Å². The molecule has 0 atom stereocenters. The second-order valence-corrected chi connectivity index (χ2v) is 5.29. The van der Waals surface area contributed by atoms with E-state index in [4.69, 9.17) is 14.2 Å². The van der Waals surface area contributed by atoms with Crippen molar-refractivity contribution in [2.24, 2.45) is 0 Å². The van der Waals surface area contributed by atoms with Gasteiger partial charge in [0, 0.05) is 12.6 Å². The Balaban J connectivity index is 2.23. The van der Waals surface area contributed by atoms with Crippen LogP contribution in [0.25, 0.3) is 0 Å². The van der Waals surface area contributed by atoms with Crippen molar-refractivity contribution in [3.05, 3.63) is 38.4 Å². The average Bonchev–Trinajstić information content (AvgIpc) is 2.56. The van der Waals surface area contributed by atoms with Gasteiger partial charge in [-0.2, -0.15) is 0 Å². The number of nitro groups is 2. The van der Waals surface area contributed by atoms with Gasteiger partial charge in [0.15, 0.2) is 0 Å². The molecule has 0 aromatic heterocycles. The Morgan fingerprint density at radius 1 is 1.00 bits per heavy atom. The Kier molecular flexibility index (Phi) is 9.37. The second kappa shape index (κ2) is 11.3. The van der Waals surface area contributed by atoms with E-state index in [-0.39, 0.29) is 23.2 Å². The standard InChI is InChI=1S/C15H23N3O7/c1-12(2)25-10-9-24-8-7-23-6-5-16-14-4-3-13(17(19)20)11-15(14)18(21)22/h3-4,11-12,16H,5-10H2,1-2H3. The molecule has 0 unspecified atom stereocenters. The number of hydrogen-bond donors (Lipinski definition) is 1. The minimum absolute atomic E-state index is 0.175. The molecule has 0 bridgehead atoms. The Bertz CT molecular complexity index is 566. The van der Waals surface area contributed by atoms with Crippen LogP contribution in [0.15, 0.2) is 18.2 Å². The maximum absolute atomic E-state index is 11.0. The first-order valence-corrected chi connectivity index (χ1v) is 7.85. The van der Waals surface area contributed by atoms with Crippen molar-refractivity contribution in [1.82, 2.24) is 0 Å². The number of anilines is 1. The summed E-state index contributed by atoms with van der Waals surface area (Å²) in [5.41, 5.74) is -0.462. The molecule has 0 amide bonds. The highest BCUT2D eigenvalue weighted by Crippen LogP contribution is 2.28. The maximum atomic E-state index is 11.0. The average molecular weight is 357 g/mol. The van der Waals surface area contributed by atoms with Gasteiger partial charge in [0.05, 0.1) is 55.1 Å². The summed E-state index contributed by atoms with van der Waals surface area (Å²) in [7, 11) is 0. The number of rotatable bonds is 13. The van der Waals surface area contributed by atoms with Gasteiger partial charge in [-0.25, -0.2) is 0 Å². The third-order valence-electron chi connectivity index (χ3n) is 3.00. The van der Waals surface area contributed by atoms with Crippen molar-refractivity contribution in [3.63, 3.8) is 0 Å². The number of nitrogens with one attached hydrogen (secondary N) is 1. The monoisotopic (exact) mass is 357 g/mol. The number of nitrogens with zero attached hydrogens (tertiary/aromatic N) is 2. The highest BCUT2D eigenvalue weighted by atomic mass is 16.6. The van der Waals surface area contributed by atoms with E-state index in [1.807, 2.05) is 13.8 Å². The van der Waals surface area contributed by atoms with Crippen LogP contribution < -0.4 is 5.32 Å². The van der Waals surface area contributed by atoms with E-state index in [2.05, 4.69) is 5.32 Å². The molecule has 0 radical (unpaired) electrons. The van der Waals surface area contributed by atoms with E-state index in [1.54, 1.807) is 0 Å². The van der Waals surface area contributed by atoms with Crippen LogP contribution in [0.4, 0.5) is 17.1 Å². The molecule has 0 aliphatic rings. The summed E-state index contributed by atoms with van der Waals surface area (Å²) in [5, 5.41) is 24.5. The molecule has 25 heavy (non-hydrogen) atoms. The zero-order valence-corrected chi connectivity index (χ0v) is 14.3. The van der Waals surface area contributed by atoms with Crippen LogP contribution in [-0.4, -0.2) is 55.5 Å². The quantitative estimate of drug-likeness (QED) is 0.324. The molecule has 0 aliphatic carbocycles. The van der Waals surface area contributed by atoms with Gasteiger partial charge in [-0.05, 0) is 19.9 Å². The lowest BCUT2D eigenvalue weighted by atomic mass is 10.2. The summed E-state index contributed by atoms with van der Waals surface area (Å²) in [4.78, 5) is 20.3. The fraction of sp³-hybridized carbons (Fsp3) is 0.600. The summed E-state index contributed by atoms with van der Waals surface area (Å²) < 4.78 is 16.0. The highest BCUT2D eigenvalue weighted by Gasteiger charge is 2.18. The van der Waals surface area contributed by atoms with E-state index in [0.29, 0.717) is 39.6 Å². The molecular weight excluding hydrogens is 334 g/mol. The summed E-state index contributed by atoms with van der Waals surface area (Å²) in [6, 6.07) is 3.45. The van der Waals surface area contributed by atoms with E-state index in [1.165, 1.54) is 12.1 Å². The van der Waals surface area contributed by atoms with Gasteiger partial charge in [0.1, 0.15) is 5.69 Å². The third-order valence-corrected chi connectivity index (χ3v) is 3.00. The Labute approximate surface area is 145 Å². The molecule has 1 rings (SSSR count). The van der Waals surface area contributed by atoms with Crippen molar-refractivity contribution >= 4 is 17.1 Å². The van der Waals surface area contributed by atoms with Gasteiger partial charge in [-0.1, -0.05) is 0 Å². The molecule has 0 saturated carbocycles. The molecule has 0 heterocycles. The summed E-state index contributed by atoms with van der Waals surface area (Å²) in [5.74, 6) is 0. The minimum Gasteiger partial charge on any atom is -0.377 e. The zero-order chi connectivity index (χ0) is 18.7. The molecular formula is C15H23N3O7. The molecule has 0 aliphatic heterocycles. The normalized spacial score (nSPS) is 10.8. The first kappa shape index (κ1) is 20.7. The number of hydrogen-bond acceptors (Lipinski definition) is 8. The lowest BCUT2D eigenvalue weighted by Crippen LogP contribution is -2.15. The van der Waals surface area contributed by atoms with Crippen LogP contribution in [-0.2, 0) is 14.2 Å². The van der Waals surface area contributed by atoms with Gasteiger partial charge in [-0.3, -0.25) is 20.2 Å². The van der Waals surface area contributed by atoms with Crippen LogP contribution in [0.3, 0.4) is 0 Å². The molecule has 0 fully saturated rings. The first-order valence-electron chi connectivity index (χ1n) is 7.85. The first-order chi connectivity index (χ1) is 11.9. The molecule has 1 aromatic carbocycles. The Morgan fingerprint density at radius 2 is 1.64 bits per heavy atom. The van der Waals surface area contributed by atoms with Gasteiger partial charge in [0.2, 0.25) is 0 Å². The van der Waals surface area contributed by atoms with E-state index >= 15 is 0 Å². The van der Waals surface area contributed by atoms with Crippen molar-refractivity contribution < 1.29 is 24.1 Å². The number of nitro benzene ring substituents is 2. The largest absolute Gasteiger partial charge is 0.377 e. The van der Waals surface area contributed by atoms with Crippen molar-refractivity contribution in [2.45, 2.75) is 20.0 Å². The summed E-state index contributed by atoms with van der Waals surface area (Å²) in [6.07, 6.45) is 0.175. The molecule has 1 N–H and O–H groups in total. The number of non-ortho nitro benzene ring substituents is 1. The molecule has 10 heteroatoms. The summed E-state index contributed by atoms with van der Waals surface area (Å²) in [6.45, 7) is 6.40. The van der Waals surface area contributed by atoms with Gasteiger partial charge < -0.3 is 19.5 Å². The van der Waals surface area contributed by atoms with Crippen LogP contribution in [0, 0.1) is 20.2 Å². The minimum atomic E-state index is -0.675. The predicted octanol–water partition coefficient (Wildman–Crippen LogP) is 2.37. The van der Waals surface area contributed by atoms with Crippen LogP contribution in [0.2, 0.25) is 0 Å². The molecule has 10 nitrogen and oxygen atoms in total. The maximum Gasteiger partial charge on any atom is 0.299 e. The van der Waals surface area contributed by atoms with E-state index in [0.717, 1.165) is 6.07 Å². The topological polar surface area (TPSA) is 126 Å². The molecule has 0 spiro atoms. The van der Waals surface area contributed by atoms with Gasteiger partial charge >= 0.3 is 0 Å². The Hall–Kier alpha value is -2.30. The second-order valence-electron chi connectivity index (χ2n) is 5.29. The number of ether oxygens (including phenoxy) is 3. The zero-order valence-electron chi connectivity index (χ0n) is 14.3. The third kappa shape index (κ3) is 8.38. The smallest absolute Gasteiger partial charge is 0.299 e. The summed E-state index contributed by atoms with van der Waals surface area (Å²) >= 11 is 0. The molecule has 1 aromatic rings. The van der Waals surface area contributed by atoms with Crippen LogP contribution in [0.5, 0.6) is 0 Å². The van der Waals surface area contributed by atoms with Gasteiger partial charge in [-0.15, -0.1) is 0 Å². The van der Waals surface area contributed by atoms with Crippen molar-refractivity contribution in [1.29, 1.82) is 0 Å². The molecule has 0 saturated heterocycles. The lowest BCUT2D eigenvalue weighted by Gasteiger charge is -2.09. The highest BCUT2D eigenvalue weighted by molar-refractivity contribution is 5.65. The van der Waals surface area contributed by atoms with Crippen LogP contribution in [0.1, 0.15) is 13.8 Å². The van der Waals surface area contributed by atoms with Crippen molar-refractivity contribution in [3.8, 4) is 0 Å². The Morgan fingerprint density at radius 3 is 2.24 bits per heavy atom. The number of benzene rings is 1. The van der Waals surface area contributed by atoms with E-state index in [9.17, 15) is 20.2 Å². The van der Waals surface area contributed by atoms with Gasteiger partial charge in [0.25, 0.3) is 11.4 Å². The molecule has 140 valence electrons. The van der Waals surface area contributed by atoms with Crippen LogP contribution >= 0.6 is 0 Å². The van der Waals surface area contributed by atoms with Crippen molar-refractivity contribution in [2.75, 3.05) is 44.9 Å². The fourth-order valence-electron chi connectivity index (χ4n) is 1.86. The SMILES string of the molecule is CC(C)OCCOCCOCCNc1ccc([N+](=O)[O-])cc1[N+](=O)[O-].